The summed E-state index contributed by atoms with van der Waals surface area (Å²) in [5.74, 6) is -1.70. The lowest BCUT2D eigenvalue weighted by atomic mass is 9.97. The van der Waals surface area contributed by atoms with Crippen molar-refractivity contribution in [1.29, 1.82) is 5.41 Å². The van der Waals surface area contributed by atoms with E-state index in [2.05, 4.69) is 17.0 Å². The van der Waals surface area contributed by atoms with Gasteiger partial charge >= 0.3 is 6.09 Å². The number of rotatable bonds is 7. The van der Waals surface area contributed by atoms with Gasteiger partial charge in [0.2, 0.25) is 12.2 Å². The minimum absolute atomic E-state index is 0.0338. The molecule has 178 valence electrons. The number of halogens is 2. The van der Waals surface area contributed by atoms with Gasteiger partial charge in [0.15, 0.2) is 6.10 Å². The summed E-state index contributed by atoms with van der Waals surface area (Å²) in [6.45, 7) is 1.99. The van der Waals surface area contributed by atoms with Crippen molar-refractivity contribution in [3.63, 3.8) is 0 Å². The van der Waals surface area contributed by atoms with E-state index < -0.39 is 23.8 Å². The molecule has 34 heavy (non-hydrogen) atoms. The first-order chi connectivity index (χ1) is 16.4. The predicted octanol–water partition coefficient (Wildman–Crippen LogP) is 3.81. The standard InChI is InChI=1S/C25H25F2N3O4/c26-21-12-19(30-15-20(34-25(30)32)16-33-23(28)8-11-31)13-22(27)24(21)18-6-9-29(10-7-18)14-17-4-2-1-3-5-17/h1-6,8,11-13,20,28,31H,7,9-10,14-16H2/p+1/b11-8-,28-23?. The number of nitrogens with one attached hydrogen (secondary N) is 1. The summed E-state index contributed by atoms with van der Waals surface area (Å²) < 4.78 is 40.3. The van der Waals surface area contributed by atoms with Crippen molar-refractivity contribution in [3.05, 3.63) is 83.6 Å². The van der Waals surface area contributed by atoms with E-state index in [1.165, 1.54) is 5.56 Å². The highest BCUT2D eigenvalue weighted by molar-refractivity contribution is 5.90. The first-order valence-electron chi connectivity index (χ1n) is 10.9. The second kappa shape index (κ2) is 10.5. The van der Waals surface area contributed by atoms with Gasteiger partial charge in [0.25, 0.3) is 0 Å². The Morgan fingerprint density at radius 1 is 1.24 bits per heavy atom. The van der Waals surface area contributed by atoms with Gasteiger partial charge in [-0.1, -0.05) is 36.4 Å². The largest absolute Gasteiger partial charge is 0.598 e. The average Bonchev–Trinajstić information content (AvgIpc) is 3.20. The zero-order valence-corrected chi connectivity index (χ0v) is 18.5. The van der Waals surface area contributed by atoms with Gasteiger partial charge in [0.1, 0.15) is 18.2 Å². The topological polar surface area (TPSA) is 88.8 Å². The molecular formula is C25H26F2N3O4+. The van der Waals surface area contributed by atoms with E-state index in [0.717, 1.165) is 35.9 Å². The van der Waals surface area contributed by atoms with Crippen molar-refractivity contribution < 1.29 is 28.2 Å². The molecule has 0 aromatic heterocycles. The van der Waals surface area contributed by atoms with Crippen LogP contribution in [0.5, 0.6) is 0 Å². The normalized spacial score (nSPS) is 18.8. The number of anilines is 1. The summed E-state index contributed by atoms with van der Waals surface area (Å²) in [5.41, 5.74) is 1.80. The molecule has 7 nitrogen and oxygen atoms in total. The quantitative estimate of drug-likeness (QED) is 0.289. The molecule has 3 N–H and O–H groups in total. The number of carbonyl (C=O) groups is 1. The fourth-order valence-electron chi connectivity index (χ4n) is 4.07. The molecule has 1 atom stereocenters. The van der Waals surface area contributed by atoms with Crippen LogP contribution in [0.2, 0.25) is 0 Å². The highest BCUT2D eigenvalue weighted by atomic mass is 19.1. The zero-order valence-electron chi connectivity index (χ0n) is 18.5. The predicted molar refractivity (Wildman–Crippen MR) is 125 cm³/mol. The second-order valence-corrected chi connectivity index (χ2v) is 8.11. The van der Waals surface area contributed by atoms with Gasteiger partial charge in [-0.15, -0.1) is 0 Å². The molecule has 0 bridgehead atoms. The average molecular weight is 470 g/mol. The van der Waals surface area contributed by atoms with Crippen molar-refractivity contribution in [1.82, 2.24) is 4.90 Å². The van der Waals surface area contributed by atoms with E-state index in [9.17, 15) is 4.79 Å². The van der Waals surface area contributed by atoms with E-state index in [1.54, 1.807) is 0 Å². The molecule has 0 spiro atoms. The molecule has 1 amide bonds. The number of nitrogens with zero attached hydrogens (tertiary/aromatic N) is 2. The number of amides is 1. The molecule has 2 aliphatic heterocycles. The third-order valence-corrected chi connectivity index (χ3v) is 5.74. The van der Waals surface area contributed by atoms with Crippen LogP contribution in [-0.2, 0) is 16.0 Å². The lowest BCUT2D eigenvalue weighted by Crippen LogP contribution is -2.28. The first-order valence-corrected chi connectivity index (χ1v) is 10.9. The maximum absolute atomic E-state index is 15.0. The van der Waals surface area contributed by atoms with Gasteiger partial charge < -0.3 is 14.6 Å². The Labute approximate surface area is 196 Å². The molecule has 2 heterocycles. The van der Waals surface area contributed by atoms with Crippen molar-refractivity contribution in [3.8, 4) is 0 Å². The molecule has 0 aliphatic carbocycles. The van der Waals surface area contributed by atoms with Gasteiger partial charge in [-0.3, -0.25) is 15.2 Å². The van der Waals surface area contributed by atoms with Crippen LogP contribution in [-0.4, -0.2) is 54.3 Å². The third-order valence-electron chi connectivity index (χ3n) is 5.74. The Hall–Kier alpha value is -3.72. The summed E-state index contributed by atoms with van der Waals surface area (Å²) >= 11 is 0. The Bertz CT molecular complexity index is 1100. The van der Waals surface area contributed by atoms with Gasteiger partial charge in [-0.2, -0.15) is 0 Å². The maximum atomic E-state index is 15.0. The zero-order chi connectivity index (χ0) is 24.1. The molecule has 0 radical (unpaired) electrons. The first kappa shape index (κ1) is 23.4. The van der Waals surface area contributed by atoms with Crippen LogP contribution in [0.4, 0.5) is 19.3 Å². The van der Waals surface area contributed by atoms with Crippen molar-refractivity contribution in [2.75, 3.05) is 31.1 Å². The summed E-state index contributed by atoms with van der Waals surface area (Å²) in [6.07, 6.45) is 2.98. The fourth-order valence-corrected chi connectivity index (χ4v) is 4.07. The Morgan fingerprint density at radius 3 is 2.62 bits per heavy atom. The molecular weight excluding hydrogens is 444 g/mol. The van der Waals surface area contributed by atoms with Gasteiger partial charge in [-0.05, 0) is 29.7 Å². The van der Waals surface area contributed by atoms with Crippen molar-refractivity contribution in [2.45, 2.75) is 19.1 Å². The Kier molecular flexibility index (Phi) is 7.22. The number of hydrogen-bond donors (Lipinski definition) is 1. The monoisotopic (exact) mass is 470 g/mol. The minimum atomic E-state index is -0.740. The van der Waals surface area contributed by atoms with Gasteiger partial charge in [0.05, 0.1) is 18.3 Å². The van der Waals surface area contributed by atoms with E-state index in [4.69, 9.17) is 20.0 Å². The lowest BCUT2D eigenvalue weighted by molar-refractivity contribution is 0.101. The van der Waals surface area contributed by atoms with E-state index >= 15 is 8.78 Å². The number of hydrogen-bond acceptors (Lipinski definition) is 5. The number of ether oxygens (including phenoxy) is 2. The van der Waals surface area contributed by atoms with Crippen LogP contribution in [0, 0.1) is 17.0 Å². The molecule has 2 aliphatic rings. The van der Waals surface area contributed by atoms with Crippen LogP contribution >= 0.6 is 0 Å². The molecule has 2 aromatic carbocycles. The second-order valence-electron chi connectivity index (χ2n) is 8.11. The van der Waals surface area contributed by atoms with Gasteiger partial charge in [0, 0.05) is 25.2 Å². The number of carbonyl (C=O) groups excluding carboxylic acids is 1. The SMILES string of the molecule is N=C(/C=C\[OH2+])OCC1CN(c2cc(F)c(C3=CCN(Cc4ccccc4)CC3)c(F)c2)C(=O)O1. The number of cyclic esters (lactones) is 1. The van der Waals surface area contributed by atoms with Crippen LogP contribution in [0.15, 0.2) is 60.9 Å². The summed E-state index contributed by atoms with van der Waals surface area (Å²) in [4.78, 5) is 15.6. The fraction of sp³-hybridized carbons (Fsp3) is 0.280. The van der Waals surface area contributed by atoms with Crippen LogP contribution in [0.1, 0.15) is 17.5 Å². The van der Waals surface area contributed by atoms with Gasteiger partial charge in [-0.25, -0.2) is 13.6 Å². The molecule has 1 saturated heterocycles. The molecule has 1 fully saturated rings. The molecule has 1 unspecified atom stereocenters. The Morgan fingerprint density at radius 2 is 1.97 bits per heavy atom. The molecule has 4 rings (SSSR count). The minimum Gasteiger partial charge on any atom is -0.598 e. The smallest absolute Gasteiger partial charge is 0.414 e. The van der Waals surface area contributed by atoms with Crippen LogP contribution < -0.4 is 4.90 Å². The highest BCUT2D eigenvalue weighted by Crippen LogP contribution is 2.32. The summed E-state index contributed by atoms with van der Waals surface area (Å²) in [6, 6.07) is 12.3. The van der Waals surface area contributed by atoms with E-state index in [0.29, 0.717) is 25.1 Å². The summed E-state index contributed by atoms with van der Waals surface area (Å²) in [5, 5.41) is 14.4. The van der Waals surface area contributed by atoms with E-state index in [-0.39, 0.29) is 30.3 Å². The third kappa shape index (κ3) is 5.43. The molecule has 0 saturated carbocycles. The Balaban J connectivity index is 1.42. The summed E-state index contributed by atoms with van der Waals surface area (Å²) in [7, 11) is 0. The highest BCUT2D eigenvalue weighted by Gasteiger charge is 2.34. The van der Waals surface area contributed by atoms with Crippen LogP contribution in [0.25, 0.3) is 5.57 Å². The van der Waals surface area contributed by atoms with Crippen molar-refractivity contribution >= 4 is 23.3 Å². The van der Waals surface area contributed by atoms with Crippen molar-refractivity contribution in [2.24, 2.45) is 0 Å². The van der Waals surface area contributed by atoms with Crippen LogP contribution in [0.3, 0.4) is 0 Å². The lowest BCUT2D eigenvalue weighted by Gasteiger charge is -2.27. The van der Waals surface area contributed by atoms with E-state index in [1.807, 2.05) is 24.3 Å². The molecule has 9 heteroatoms. The molecule has 2 aromatic rings. The maximum Gasteiger partial charge on any atom is 0.414 e. The number of benzene rings is 2.